The van der Waals surface area contributed by atoms with Gasteiger partial charge in [-0.05, 0) is 17.9 Å². The Kier molecular flexibility index (Phi) is 5.13. The highest BCUT2D eigenvalue weighted by Gasteiger charge is 2.34. The van der Waals surface area contributed by atoms with Crippen molar-refractivity contribution in [2.75, 3.05) is 20.4 Å². The van der Waals surface area contributed by atoms with Gasteiger partial charge in [-0.25, -0.2) is 0 Å². The van der Waals surface area contributed by atoms with Gasteiger partial charge in [-0.2, -0.15) is 0 Å². The summed E-state index contributed by atoms with van der Waals surface area (Å²) in [6.07, 6.45) is 1.63. The fourth-order valence-electron chi connectivity index (χ4n) is 1.12. The molecule has 0 atom stereocenters. The number of nitrogens with two attached hydrogens (primary N) is 1. The zero-order valence-corrected chi connectivity index (χ0v) is 10.5. The second-order valence-electron chi connectivity index (χ2n) is 4.58. The molecule has 3 nitrogen and oxygen atoms in total. The van der Waals surface area contributed by atoms with E-state index in [9.17, 15) is 0 Å². The summed E-state index contributed by atoms with van der Waals surface area (Å²) in [7, 11) is 1.35. The largest absolute Gasteiger partial charge is 0.397 e. The Morgan fingerprint density at radius 3 is 1.85 bits per heavy atom. The van der Waals surface area contributed by atoms with Gasteiger partial charge in [0.05, 0.1) is 0 Å². The highest BCUT2D eigenvalue weighted by Crippen LogP contribution is 2.25. The maximum Gasteiger partial charge on any atom is 0.351 e. The molecule has 13 heavy (non-hydrogen) atoms. The van der Waals surface area contributed by atoms with E-state index in [1.54, 1.807) is 14.2 Å². The monoisotopic (exact) mass is 205 g/mol. The first-order valence-electron chi connectivity index (χ1n) is 4.69. The van der Waals surface area contributed by atoms with Crippen LogP contribution in [-0.2, 0) is 8.85 Å². The third-order valence-corrected chi connectivity index (χ3v) is 5.43. The normalized spacial score (nSPS) is 13.4. The first kappa shape index (κ1) is 13.1. The molecule has 0 aliphatic carbocycles. The van der Waals surface area contributed by atoms with Crippen LogP contribution in [0.3, 0.4) is 0 Å². The Bertz CT molecular complexity index is 133. The van der Waals surface area contributed by atoms with Gasteiger partial charge in [0.25, 0.3) is 0 Å². The van der Waals surface area contributed by atoms with Gasteiger partial charge in [0.2, 0.25) is 0 Å². The molecule has 80 valence electrons. The Morgan fingerprint density at radius 1 is 1.15 bits per heavy atom. The molecule has 0 bridgehead atoms. The van der Waals surface area contributed by atoms with E-state index in [4.69, 9.17) is 14.6 Å². The van der Waals surface area contributed by atoms with Crippen LogP contribution >= 0.6 is 0 Å². The van der Waals surface area contributed by atoms with Crippen molar-refractivity contribution in [1.29, 1.82) is 0 Å². The van der Waals surface area contributed by atoms with Crippen molar-refractivity contribution in [2.24, 2.45) is 11.1 Å². The molecule has 0 aliphatic rings. The van der Waals surface area contributed by atoms with Crippen LogP contribution in [0.4, 0.5) is 0 Å². The van der Waals surface area contributed by atoms with Gasteiger partial charge in [-0.15, -0.1) is 0 Å². The van der Waals surface area contributed by atoms with Crippen molar-refractivity contribution in [3.8, 4) is 0 Å². The molecule has 0 radical (unpaired) electrons. The van der Waals surface area contributed by atoms with Gasteiger partial charge >= 0.3 is 8.56 Å². The molecule has 0 saturated carbocycles. The first-order chi connectivity index (χ1) is 5.89. The van der Waals surface area contributed by atoms with Crippen LogP contribution in [0.15, 0.2) is 0 Å². The van der Waals surface area contributed by atoms with Gasteiger partial charge in [0.15, 0.2) is 0 Å². The molecule has 0 spiro atoms. The average Bonchev–Trinajstić information content (AvgIpc) is 2.06. The van der Waals surface area contributed by atoms with E-state index in [0.717, 1.165) is 12.5 Å². The molecule has 0 saturated heterocycles. The van der Waals surface area contributed by atoms with Crippen LogP contribution in [0.5, 0.6) is 0 Å². The first-order valence-corrected chi connectivity index (χ1v) is 6.92. The molecule has 0 aromatic rings. The van der Waals surface area contributed by atoms with Crippen LogP contribution in [-0.4, -0.2) is 28.9 Å². The zero-order valence-electron chi connectivity index (χ0n) is 9.52. The number of hydrogen-bond acceptors (Lipinski definition) is 3. The van der Waals surface area contributed by atoms with Crippen LogP contribution in [0.25, 0.3) is 0 Å². The molecule has 4 heteroatoms. The van der Waals surface area contributed by atoms with E-state index in [1.807, 2.05) is 0 Å². The quantitative estimate of drug-likeness (QED) is 0.694. The van der Waals surface area contributed by atoms with Crippen molar-refractivity contribution in [3.63, 3.8) is 0 Å². The van der Waals surface area contributed by atoms with Crippen molar-refractivity contribution in [3.05, 3.63) is 0 Å². The second-order valence-corrected chi connectivity index (χ2v) is 8.13. The number of hydrogen-bond donors (Lipinski definition) is 1. The van der Waals surface area contributed by atoms with E-state index in [-0.39, 0.29) is 0 Å². The molecule has 0 aromatic heterocycles. The lowest BCUT2D eigenvalue weighted by atomic mass is 9.94. The fourth-order valence-corrected chi connectivity index (χ4v) is 3.36. The lowest BCUT2D eigenvalue weighted by molar-refractivity contribution is 0.234. The summed E-state index contributed by atoms with van der Waals surface area (Å²) in [5, 5.41) is 0. The second kappa shape index (κ2) is 5.10. The fraction of sp³-hybridized carbons (Fsp3) is 1.00. The molecule has 2 N–H and O–H groups in total. The molecule has 0 aliphatic heterocycles. The van der Waals surface area contributed by atoms with Crippen molar-refractivity contribution < 1.29 is 8.85 Å². The van der Waals surface area contributed by atoms with Crippen LogP contribution in [0.2, 0.25) is 6.04 Å². The molecule has 0 heterocycles. The Morgan fingerprint density at radius 2 is 1.62 bits per heavy atom. The standard InChI is InChI=1S/C9H23NO2Si/c1-9(2,3)6-7-13(8-10,11-4)12-5/h6-8,10H2,1-5H3. The van der Waals surface area contributed by atoms with E-state index >= 15 is 0 Å². The van der Waals surface area contributed by atoms with Gasteiger partial charge in [-0.1, -0.05) is 20.8 Å². The SMILES string of the molecule is CO[Si](CN)(CCC(C)(C)C)OC. The third-order valence-electron chi connectivity index (χ3n) is 2.31. The molecular formula is C9H23NO2Si. The van der Waals surface area contributed by atoms with Crippen LogP contribution < -0.4 is 5.73 Å². The van der Waals surface area contributed by atoms with E-state index < -0.39 is 8.56 Å². The van der Waals surface area contributed by atoms with Gasteiger partial charge in [-0.3, -0.25) is 0 Å². The summed E-state index contributed by atoms with van der Waals surface area (Å²) in [5.41, 5.74) is 5.99. The smallest absolute Gasteiger partial charge is 0.351 e. The summed E-state index contributed by atoms with van der Waals surface area (Å²) >= 11 is 0. The predicted octanol–water partition coefficient (Wildman–Crippen LogP) is 1.66. The van der Waals surface area contributed by atoms with Crippen molar-refractivity contribution >= 4 is 8.56 Å². The molecule has 0 fully saturated rings. The van der Waals surface area contributed by atoms with Crippen LogP contribution in [0.1, 0.15) is 27.2 Å². The summed E-state index contributed by atoms with van der Waals surface area (Å²) < 4.78 is 10.8. The minimum absolute atomic E-state index is 0.324. The Hall–Kier alpha value is 0.0969. The van der Waals surface area contributed by atoms with Crippen LogP contribution in [0, 0.1) is 5.41 Å². The highest BCUT2D eigenvalue weighted by molar-refractivity contribution is 6.67. The Balaban J connectivity index is 4.11. The maximum absolute atomic E-state index is 5.67. The minimum atomic E-state index is -2.05. The maximum atomic E-state index is 5.67. The van der Waals surface area contributed by atoms with Gasteiger partial charge in [0, 0.05) is 20.4 Å². The topological polar surface area (TPSA) is 44.5 Å². The third kappa shape index (κ3) is 4.76. The van der Waals surface area contributed by atoms with Crippen molar-refractivity contribution in [1.82, 2.24) is 0 Å². The summed E-state index contributed by atoms with van der Waals surface area (Å²) in [6, 6.07) is 0.972. The molecule has 0 rings (SSSR count). The lowest BCUT2D eigenvalue weighted by Gasteiger charge is -2.29. The zero-order chi connectivity index (χ0) is 10.5. The van der Waals surface area contributed by atoms with Gasteiger partial charge < -0.3 is 14.6 Å². The van der Waals surface area contributed by atoms with E-state index in [2.05, 4.69) is 20.8 Å². The number of rotatable bonds is 5. The van der Waals surface area contributed by atoms with E-state index in [0.29, 0.717) is 11.6 Å². The molecule has 0 aromatic carbocycles. The summed E-state index contributed by atoms with van der Waals surface area (Å²) in [6.45, 7) is 6.65. The Labute approximate surface area is 82.9 Å². The van der Waals surface area contributed by atoms with Crippen molar-refractivity contribution in [2.45, 2.75) is 33.2 Å². The summed E-state index contributed by atoms with van der Waals surface area (Å²) in [5.74, 6) is 0. The summed E-state index contributed by atoms with van der Waals surface area (Å²) in [4.78, 5) is 0. The molecule has 0 unspecified atom stereocenters. The molecular weight excluding hydrogens is 182 g/mol. The minimum Gasteiger partial charge on any atom is -0.397 e. The van der Waals surface area contributed by atoms with Gasteiger partial charge in [0.1, 0.15) is 0 Å². The molecule has 0 amide bonds. The average molecular weight is 205 g/mol. The highest BCUT2D eigenvalue weighted by atomic mass is 28.4. The predicted molar refractivity (Wildman–Crippen MR) is 57.7 cm³/mol. The van der Waals surface area contributed by atoms with E-state index in [1.165, 1.54) is 0 Å². The lowest BCUT2D eigenvalue weighted by Crippen LogP contribution is -2.48.